The standard InChI is InChI=1S/C26H35FN4O2/c1-18(24(32)28-22-11-9-20(10-12-22)26(3,4)5)30-13-15-31(16-14-30)19(2)25(33)29-23-8-6-7-21(27)17-23/h6-12,17-19H,13-16H2,1-5H3,(H,28,32)(H,29,33). The van der Waals surface area contributed by atoms with Gasteiger partial charge in [0.2, 0.25) is 11.8 Å². The molecule has 0 radical (unpaired) electrons. The van der Waals surface area contributed by atoms with Gasteiger partial charge in [-0.3, -0.25) is 19.4 Å². The van der Waals surface area contributed by atoms with E-state index in [-0.39, 0.29) is 35.1 Å². The molecule has 0 aromatic heterocycles. The zero-order chi connectivity index (χ0) is 24.2. The summed E-state index contributed by atoms with van der Waals surface area (Å²) in [5.41, 5.74) is 2.54. The van der Waals surface area contributed by atoms with Crippen LogP contribution in [0.15, 0.2) is 48.5 Å². The van der Waals surface area contributed by atoms with E-state index < -0.39 is 0 Å². The van der Waals surface area contributed by atoms with E-state index in [0.717, 1.165) is 5.69 Å². The first-order chi connectivity index (χ1) is 15.5. The first-order valence-corrected chi connectivity index (χ1v) is 11.5. The van der Waals surface area contributed by atoms with Crippen LogP contribution in [0.1, 0.15) is 40.2 Å². The number of carbonyl (C=O) groups is 2. The lowest BCUT2D eigenvalue weighted by atomic mass is 9.87. The lowest BCUT2D eigenvalue weighted by Crippen LogP contribution is -2.56. The van der Waals surface area contributed by atoms with Gasteiger partial charge in [-0.2, -0.15) is 0 Å². The summed E-state index contributed by atoms with van der Waals surface area (Å²) in [5.74, 6) is -0.589. The summed E-state index contributed by atoms with van der Waals surface area (Å²) < 4.78 is 13.4. The van der Waals surface area contributed by atoms with Crippen molar-refractivity contribution in [3.8, 4) is 0 Å². The predicted molar refractivity (Wildman–Crippen MR) is 131 cm³/mol. The lowest BCUT2D eigenvalue weighted by Gasteiger charge is -2.39. The van der Waals surface area contributed by atoms with E-state index in [1.165, 1.54) is 17.7 Å². The Kier molecular flexibility index (Phi) is 7.87. The molecule has 0 spiro atoms. The van der Waals surface area contributed by atoms with Crippen LogP contribution in [-0.4, -0.2) is 59.9 Å². The van der Waals surface area contributed by atoms with Crippen LogP contribution in [0.3, 0.4) is 0 Å². The molecule has 2 unspecified atom stereocenters. The molecule has 0 bridgehead atoms. The van der Waals surface area contributed by atoms with Gasteiger partial charge in [0.1, 0.15) is 5.82 Å². The fourth-order valence-corrected chi connectivity index (χ4v) is 3.96. The molecule has 178 valence electrons. The highest BCUT2D eigenvalue weighted by Gasteiger charge is 2.29. The number of benzene rings is 2. The van der Waals surface area contributed by atoms with E-state index in [4.69, 9.17) is 0 Å². The Morgan fingerprint density at radius 2 is 1.30 bits per heavy atom. The quantitative estimate of drug-likeness (QED) is 0.690. The molecule has 6 nitrogen and oxygen atoms in total. The van der Waals surface area contributed by atoms with Crippen LogP contribution in [0.2, 0.25) is 0 Å². The van der Waals surface area contributed by atoms with E-state index in [1.807, 2.05) is 26.0 Å². The summed E-state index contributed by atoms with van der Waals surface area (Å²) >= 11 is 0. The van der Waals surface area contributed by atoms with Crippen molar-refractivity contribution in [2.75, 3.05) is 36.8 Å². The van der Waals surface area contributed by atoms with Gasteiger partial charge in [0, 0.05) is 37.6 Å². The van der Waals surface area contributed by atoms with Crippen LogP contribution in [-0.2, 0) is 15.0 Å². The Labute approximate surface area is 196 Å². The van der Waals surface area contributed by atoms with Crippen LogP contribution in [0.25, 0.3) is 0 Å². The molecule has 7 heteroatoms. The van der Waals surface area contributed by atoms with Crippen LogP contribution in [0.4, 0.5) is 15.8 Å². The molecule has 3 rings (SSSR count). The Bertz CT molecular complexity index is 963. The Hall–Kier alpha value is -2.77. The molecule has 1 fully saturated rings. The molecular weight excluding hydrogens is 419 g/mol. The molecule has 2 N–H and O–H groups in total. The molecule has 1 aliphatic rings. The van der Waals surface area contributed by atoms with Crippen molar-refractivity contribution in [3.63, 3.8) is 0 Å². The third-order valence-corrected chi connectivity index (χ3v) is 6.31. The highest BCUT2D eigenvalue weighted by molar-refractivity contribution is 5.95. The maximum absolute atomic E-state index is 13.4. The van der Waals surface area contributed by atoms with Crippen LogP contribution in [0.5, 0.6) is 0 Å². The van der Waals surface area contributed by atoms with Gasteiger partial charge in [0.05, 0.1) is 12.1 Å². The zero-order valence-electron chi connectivity index (χ0n) is 20.2. The molecule has 0 saturated carbocycles. The molecule has 2 amide bonds. The van der Waals surface area contributed by atoms with Crippen molar-refractivity contribution in [2.45, 2.75) is 52.1 Å². The number of hydrogen-bond donors (Lipinski definition) is 2. The number of piperazine rings is 1. The first kappa shape index (κ1) is 24.9. The van der Waals surface area contributed by atoms with E-state index >= 15 is 0 Å². The first-order valence-electron chi connectivity index (χ1n) is 11.5. The van der Waals surface area contributed by atoms with Gasteiger partial charge in [0.25, 0.3) is 0 Å². The maximum atomic E-state index is 13.4. The van der Waals surface area contributed by atoms with Crippen LogP contribution in [0, 0.1) is 5.82 Å². The van der Waals surface area contributed by atoms with Crippen molar-refractivity contribution in [3.05, 3.63) is 59.9 Å². The zero-order valence-corrected chi connectivity index (χ0v) is 20.2. The van der Waals surface area contributed by atoms with Gasteiger partial charge in [-0.25, -0.2) is 4.39 Å². The summed E-state index contributed by atoms with van der Waals surface area (Å²) in [5, 5.41) is 5.79. The fourth-order valence-electron chi connectivity index (χ4n) is 3.96. The molecule has 0 aliphatic carbocycles. The summed E-state index contributed by atoms with van der Waals surface area (Å²) in [6.07, 6.45) is 0. The number of amides is 2. The third kappa shape index (κ3) is 6.62. The Balaban J connectivity index is 1.49. The number of rotatable bonds is 6. The summed E-state index contributed by atoms with van der Waals surface area (Å²) in [6, 6.07) is 13.3. The summed E-state index contributed by atoms with van der Waals surface area (Å²) in [6.45, 7) is 13.0. The third-order valence-electron chi connectivity index (χ3n) is 6.31. The molecule has 1 aliphatic heterocycles. The second-order valence-electron chi connectivity index (χ2n) is 9.74. The lowest BCUT2D eigenvalue weighted by molar-refractivity contribution is -0.124. The van der Waals surface area contributed by atoms with Crippen molar-refractivity contribution < 1.29 is 14.0 Å². The molecule has 1 saturated heterocycles. The van der Waals surface area contributed by atoms with Crippen LogP contribution < -0.4 is 10.6 Å². The van der Waals surface area contributed by atoms with Gasteiger partial charge in [-0.05, 0) is 55.2 Å². The van der Waals surface area contributed by atoms with Gasteiger partial charge < -0.3 is 10.6 Å². The largest absolute Gasteiger partial charge is 0.325 e. The van der Waals surface area contributed by atoms with Crippen molar-refractivity contribution in [1.82, 2.24) is 9.80 Å². The minimum Gasteiger partial charge on any atom is -0.325 e. The topological polar surface area (TPSA) is 64.7 Å². The van der Waals surface area contributed by atoms with Crippen molar-refractivity contribution in [2.24, 2.45) is 0 Å². The highest BCUT2D eigenvalue weighted by atomic mass is 19.1. The Morgan fingerprint density at radius 3 is 1.76 bits per heavy atom. The molecule has 1 heterocycles. The van der Waals surface area contributed by atoms with E-state index in [9.17, 15) is 14.0 Å². The summed E-state index contributed by atoms with van der Waals surface area (Å²) in [7, 11) is 0. The second kappa shape index (κ2) is 10.4. The fraction of sp³-hybridized carbons (Fsp3) is 0.462. The molecule has 2 aromatic carbocycles. The van der Waals surface area contributed by atoms with Gasteiger partial charge in [0.15, 0.2) is 0 Å². The maximum Gasteiger partial charge on any atom is 0.241 e. The van der Waals surface area contributed by atoms with Gasteiger partial charge >= 0.3 is 0 Å². The predicted octanol–water partition coefficient (Wildman–Crippen LogP) is 4.10. The Morgan fingerprint density at radius 1 is 0.818 bits per heavy atom. The molecular formula is C26H35FN4O2. The minimum atomic E-state index is -0.383. The average Bonchev–Trinajstić information content (AvgIpc) is 2.78. The normalized spacial score (nSPS) is 17.3. The number of anilines is 2. The van der Waals surface area contributed by atoms with E-state index in [0.29, 0.717) is 31.9 Å². The SMILES string of the molecule is CC(C(=O)Nc1ccc(C(C)(C)C)cc1)N1CCN(C(C)C(=O)Nc2cccc(F)c2)CC1. The highest BCUT2D eigenvalue weighted by Crippen LogP contribution is 2.23. The molecule has 2 atom stereocenters. The van der Waals surface area contributed by atoms with Crippen molar-refractivity contribution >= 4 is 23.2 Å². The monoisotopic (exact) mass is 454 g/mol. The van der Waals surface area contributed by atoms with E-state index in [2.05, 4.69) is 53.3 Å². The van der Waals surface area contributed by atoms with Crippen LogP contribution >= 0.6 is 0 Å². The molecule has 33 heavy (non-hydrogen) atoms. The number of carbonyl (C=O) groups excluding carboxylic acids is 2. The minimum absolute atomic E-state index is 0.0381. The average molecular weight is 455 g/mol. The smallest absolute Gasteiger partial charge is 0.241 e. The number of nitrogens with zero attached hydrogens (tertiary/aromatic N) is 2. The molecule has 2 aromatic rings. The number of hydrogen-bond acceptors (Lipinski definition) is 4. The number of halogens is 1. The van der Waals surface area contributed by atoms with E-state index in [1.54, 1.807) is 12.1 Å². The van der Waals surface area contributed by atoms with Gasteiger partial charge in [-0.1, -0.05) is 39.0 Å². The number of nitrogens with one attached hydrogen (secondary N) is 2. The summed E-state index contributed by atoms with van der Waals surface area (Å²) in [4.78, 5) is 29.6. The second-order valence-corrected chi connectivity index (χ2v) is 9.74. The van der Waals surface area contributed by atoms with Gasteiger partial charge in [-0.15, -0.1) is 0 Å². The van der Waals surface area contributed by atoms with Crippen molar-refractivity contribution in [1.29, 1.82) is 0 Å².